The van der Waals surface area contributed by atoms with E-state index in [2.05, 4.69) is 10.3 Å². The molecule has 1 saturated heterocycles. The number of rotatable bonds is 3. The molecule has 2 aromatic carbocycles. The fourth-order valence-corrected chi connectivity index (χ4v) is 3.94. The number of carbonyl (C=O) groups is 2. The van der Waals surface area contributed by atoms with Crippen LogP contribution in [0.25, 0.3) is 0 Å². The molecule has 2 N–H and O–H groups in total. The lowest BCUT2D eigenvalue weighted by atomic mass is 10.2. The van der Waals surface area contributed by atoms with E-state index >= 15 is 0 Å². The number of amides is 2. The summed E-state index contributed by atoms with van der Waals surface area (Å²) in [5.74, 6) is -1.66. The molecule has 0 bridgehead atoms. The molecule has 0 saturated carbocycles. The number of nitrogens with zero attached hydrogens (tertiary/aromatic N) is 2. The van der Waals surface area contributed by atoms with Crippen molar-refractivity contribution in [1.82, 2.24) is 4.90 Å². The van der Waals surface area contributed by atoms with Gasteiger partial charge < -0.3 is 10.4 Å². The molecule has 28 heavy (non-hydrogen) atoms. The Bertz CT molecular complexity index is 963. The first kappa shape index (κ1) is 20.4. The molecule has 1 atom stereocenters. The van der Waals surface area contributed by atoms with Gasteiger partial charge in [-0.25, -0.2) is 9.38 Å². The minimum Gasteiger partial charge on any atom is -0.505 e. The Labute approximate surface area is 174 Å². The van der Waals surface area contributed by atoms with Crippen molar-refractivity contribution in [3.63, 3.8) is 0 Å². The molecule has 2 amide bonds. The fraction of sp³-hybridized carbons (Fsp3) is 0.167. The van der Waals surface area contributed by atoms with E-state index in [1.807, 2.05) is 0 Å². The summed E-state index contributed by atoms with van der Waals surface area (Å²) in [7, 11) is 1.53. The Kier molecular flexibility index (Phi) is 6.12. The monoisotopic (exact) mass is 441 g/mol. The maximum Gasteiger partial charge on any atom is 0.238 e. The summed E-state index contributed by atoms with van der Waals surface area (Å²) in [5.41, 5.74) is 0.347. The van der Waals surface area contributed by atoms with Gasteiger partial charge in [0.2, 0.25) is 11.8 Å². The van der Waals surface area contributed by atoms with Crippen molar-refractivity contribution in [2.45, 2.75) is 11.7 Å². The van der Waals surface area contributed by atoms with Crippen LogP contribution in [0.4, 0.5) is 15.8 Å². The van der Waals surface area contributed by atoms with E-state index in [9.17, 15) is 19.1 Å². The second kappa shape index (κ2) is 8.38. The van der Waals surface area contributed by atoms with Crippen LogP contribution in [0.3, 0.4) is 0 Å². The zero-order valence-corrected chi connectivity index (χ0v) is 16.8. The molecule has 1 fully saturated rings. The lowest BCUT2D eigenvalue weighted by Gasteiger charge is -2.28. The third-order valence-corrected chi connectivity index (χ3v) is 5.74. The molecule has 0 spiro atoms. The lowest BCUT2D eigenvalue weighted by Crippen LogP contribution is -2.43. The zero-order valence-electron chi connectivity index (χ0n) is 14.4. The van der Waals surface area contributed by atoms with Crippen molar-refractivity contribution < 1.29 is 19.1 Å². The van der Waals surface area contributed by atoms with Gasteiger partial charge in [0, 0.05) is 13.5 Å². The number of aliphatic imine (C=N–C) groups is 1. The van der Waals surface area contributed by atoms with Crippen molar-refractivity contribution in [2.75, 3.05) is 12.4 Å². The van der Waals surface area contributed by atoms with Crippen molar-refractivity contribution in [3.05, 3.63) is 52.3 Å². The van der Waals surface area contributed by atoms with Gasteiger partial charge in [-0.05, 0) is 24.3 Å². The maximum atomic E-state index is 13.8. The topological polar surface area (TPSA) is 82.0 Å². The van der Waals surface area contributed by atoms with Crippen LogP contribution in [0.15, 0.2) is 41.4 Å². The van der Waals surface area contributed by atoms with E-state index in [1.165, 1.54) is 42.3 Å². The molecule has 1 heterocycles. The number of halogens is 3. The minimum absolute atomic E-state index is 0.00971. The quantitative estimate of drug-likeness (QED) is 0.737. The molecule has 0 aliphatic carbocycles. The van der Waals surface area contributed by atoms with Crippen LogP contribution in [0.1, 0.15) is 6.42 Å². The highest BCUT2D eigenvalue weighted by molar-refractivity contribution is 8.15. The first-order valence-corrected chi connectivity index (χ1v) is 9.65. The smallest absolute Gasteiger partial charge is 0.238 e. The van der Waals surface area contributed by atoms with Crippen LogP contribution in [-0.2, 0) is 9.59 Å². The summed E-state index contributed by atoms with van der Waals surface area (Å²) in [5, 5.41) is 11.6. The van der Waals surface area contributed by atoms with E-state index in [-0.39, 0.29) is 39.0 Å². The minimum atomic E-state index is -0.787. The van der Waals surface area contributed by atoms with E-state index in [0.29, 0.717) is 5.69 Å². The van der Waals surface area contributed by atoms with Crippen LogP contribution in [0.5, 0.6) is 5.75 Å². The average Bonchev–Trinajstić information content (AvgIpc) is 2.65. The van der Waals surface area contributed by atoms with Crippen LogP contribution in [-0.4, -0.2) is 39.3 Å². The standard InChI is InChI=1S/C18H14Cl2FN3O3S/c1-24-15(25)8-14(17(27)23-13-5-3-2-4-12(13)21)28-18(24)22-9-6-10(19)16(26)11(20)7-9/h2-7,14,26H,8H2,1H3,(H,23,27). The maximum absolute atomic E-state index is 13.8. The summed E-state index contributed by atoms with van der Waals surface area (Å²) in [6.07, 6.45) is -0.0580. The van der Waals surface area contributed by atoms with E-state index in [4.69, 9.17) is 23.2 Å². The number of thioether (sulfide) groups is 1. The van der Waals surface area contributed by atoms with Gasteiger partial charge in [0.1, 0.15) is 11.1 Å². The molecule has 0 aromatic heterocycles. The van der Waals surface area contributed by atoms with Gasteiger partial charge in [0.25, 0.3) is 0 Å². The molecule has 2 aromatic rings. The lowest BCUT2D eigenvalue weighted by molar-refractivity contribution is -0.128. The Morgan fingerprint density at radius 1 is 1.32 bits per heavy atom. The van der Waals surface area contributed by atoms with Gasteiger partial charge in [-0.1, -0.05) is 47.1 Å². The molecule has 6 nitrogen and oxygen atoms in total. The molecule has 10 heteroatoms. The van der Waals surface area contributed by atoms with Crippen LogP contribution < -0.4 is 5.32 Å². The van der Waals surface area contributed by atoms with Gasteiger partial charge in [-0.3, -0.25) is 14.5 Å². The third kappa shape index (κ3) is 4.40. The summed E-state index contributed by atoms with van der Waals surface area (Å²) in [6.45, 7) is 0. The Balaban J connectivity index is 1.84. The Morgan fingerprint density at radius 2 is 1.96 bits per heavy atom. The molecular weight excluding hydrogens is 428 g/mol. The number of hydrogen-bond acceptors (Lipinski definition) is 5. The van der Waals surface area contributed by atoms with Crippen molar-refractivity contribution >= 4 is 63.3 Å². The molecule has 1 unspecified atom stereocenters. The molecular formula is C18H14Cl2FN3O3S. The van der Waals surface area contributed by atoms with Gasteiger partial charge in [-0.15, -0.1) is 0 Å². The fourth-order valence-electron chi connectivity index (χ4n) is 2.40. The number of benzene rings is 2. The van der Waals surface area contributed by atoms with Gasteiger partial charge in [-0.2, -0.15) is 0 Å². The second-order valence-corrected chi connectivity index (χ2v) is 7.87. The number of hydrogen-bond donors (Lipinski definition) is 2. The number of anilines is 1. The number of amidine groups is 1. The first-order chi connectivity index (χ1) is 13.3. The van der Waals surface area contributed by atoms with Crippen LogP contribution in [0.2, 0.25) is 10.0 Å². The summed E-state index contributed by atoms with van der Waals surface area (Å²) >= 11 is 12.9. The summed E-state index contributed by atoms with van der Waals surface area (Å²) in [6, 6.07) is 8.54. The number of nitrogens with one attached hydrogen (secondary N) is 1. The van der Waals surface area contributed by atoms with E-state index in [0.717, 1.165) is 11.8 Å². The van der Waals surface area contributed by atoms with E-state index < -0.39 is 17.0 Å². The summed E-state index contributed by atoms with van der Waals surface area (Å²) < 4.78 is 13.8. The highest BCUT2D eigenvalue weighted by Crippen LogP contribution is 2.37. The predicted octanol–water partition coefficient (Wildman–Crippen LogP) is 4.43. The Morgan fingerprint density at radius 3 is 2.61 bits per heavy atom. The molecule has 1 aliphatic rings. The predicted molar refractivity (Wildman–Crippen MR) is 109 cm³/mol. The molecule has 3 rings (SSSR count). The summed E-state index contributed by atoms with van der Waals surface area (Å²) in [4.78, 5) is 30.5. The number of phenols is 1. The second-order valence-electron chi connectivity index (χ2n) is 5.88. The molecule has 1 aliphatic heterocycles. The SMILES string of the molecule is CN1C(=O)CC(C(=O)Nc2ccccc2F)SC1=Nc1cc(Cl)c(O)c(Cl)c1. The van der Waals surface area contributed by atoms with Crippen molar-refractivity contribution in [2.24, 2.45) is 4.99 Å². The molecule has 146 valence electrons. The number of carbonyl (C=O) groups excluding carboxylic acids is 2. The Hall–Kier alpha value is -2.29. The number of phenolic OH excluding ortho intramolecular Hbond substituents is 1. The van der Waals surface area contributed by atoms with Gasteiger partial charge >= 0.3 is 0 Å². The number of aromatic hydroxyl groups is 1. The average molecular weight is 442 g/mol. The van der Waals surface area contributed by atoms with Gasteiger partial charge in [0.05, 0.1) is 21.4 Å². The zero-order chi connectivity index (χ0) is 20.4. The van der Waals surface area contributed by atoms with Crippen LogP contribution >= 0.6 is 35.0 Å². The normalized spacial score (nSPS) is 18.4. The number of para-hydroxylation sites is 1. The van der Waals surface area contributed by atoms with Crippen molar-refractivity contribution in [1.29, 1.82) is 0 Å². The molecule has 0 radical (unpaired) electrons. The largest absolute Gasteiger partial charge is 0.505 e. The first-order valence-electron chi connectivity index (χ1n) is 8.01. The highest BCUT2D eigenvalue weighted by atomic mass is 35.5. The van der Waals surface area contributed by atoms with Crippen molar-refractivity contribution in [3.8, 4) is 5.75 Å². The third-order valence-electron chi connectivity index (χ3n) is 3.92. The van der Waals surface area contributed by atoms with Crippen LogP contribution in [0, 0.1) is 5.82 Å². The van der Waals surface area contributed by atoms with Gasteiger partial charge in [0.15, 0.2) is 10.9 Å². The van der Waals surface area contributed by atoms with E-state index in [1.54, 1.807) is 6.07 Å². The highest BCUT2D eigenvalue weighted by Gasteiger charge is 2.34.